The number of hydrogen-bond donors (Lipinski definition) is 0. The smallest absolute Gasteiger partial charge is 0.0541 e. The lowest BCUT2D eigenvalue weighted by molar-refractivity contribution is 0.728. The van der Waals surface area contributed by atoms with E-state index in [0.717, 1.165) is 6.42 Å². The second kappa shape index (κ2) is 11.7. The van der Waals surface area contributed by atoms with E-state index in [0.29, 0.717) is 5.92 Å². The van der Waals surface area contributed by atoms with Crippen molar-refractivity contribution in [2.75, 3.05) is 0 Å². The van der Waals surface area contributed by atoms with Crippen molar-refractivity contribution in [3.63, 3.8) is 0 Å². The van der Waals surface area contributed by atoms with Gasteiger partial charge in [0.1, 0.15) is 0 Å². The molecular formula is C50H37N. The van der Waals surface area contributed by atoms with Crippen molar-refractivity contribution in [1.82, 2.24) is 4.57 Å². The Labute approximate surface area is 298 Å². The van der Waals surface area contributed by atoms with Crippen LogP contribution in [0.5, 0.6) is 0 Å². The van der Waals surface area contributed by atoms with E-state index >= 15 is 0 Å². The van der Waals surface area contributed by atoms with Crippen molar-refractivity contribution in [1.29, 1.82) is 0 Å². The lowest BCUT2D eigenvalue weighted by Crippen LogP contribution is -2.02. The minimum absolute atomic E-state index is 0.445. The Morgan fingerprint density at radius 1 is 0.412 bits per heavy atom. The zero-order chi connectivity index (χ0) is 34.1. The molecule has 10 aromatic rings. The Morgan fingerprint density at radius 2 is 0.843 bits per heavy atom. The topological polar surface area (TPSA) is 4.93 Å². The summed E-state index contributed by atoms with van der Waals surface area (Å²) in [6, 6.07) is 63.2. The normalized spacial score (nSPS) is 12.5. The quantitative estimate of drug-likeness (QED) is 0.163. The van der Waals surface area contributed by atoms with Gasteiger partial charge in [-0.2, -0.15) is 0 Å². The molecule has 0 bridgehead atoms. The van der Waals surface area contributed by atoms with Gasteiger partial charge in [0.25, 0.3) is 0 Å². The van der Waals surface area contributed by atoms with Crippen molar-refractivity contribution in [3.05, 3.63) is 175 Å². The molecule has 0 aliphatic rings. The van der Waals surface area contributed by atoms with Crippen LogP contribution >= 0.6 is 0 Å². The molecule has 1 unspecified atom stereocenters. The Hall–Kier alpha value is -6.18. The summed E-state index contributed by atoms with van der Waals surface area (Å²) >= 11 is 0. The molecule has 242 valence electrons. The molecule has 1 aromatic heterocycles. The van der Waals surface area contributed by atoms with Crippen LogP contribution < -0.4 is 0 Å². The molecular weight excluding hydrogens is 615 g/mol. The Bertz CT molecular complexity index is 2800. The Balaban J connectivity index is 1.29. The average Bonchev–Trinajstić information content (AvgIpc) is 3.52. The number of nitrogens with zero attached hydrogens (tertiary/aromatic N) is 1. The summed E-state index contributed by atoms with van der Waals surface area (Å²) in [5, 5.41) is 12.8. The van der Waals surface area contributed by atoms with Gasteiger partial charge in [0.2, 0.25) is 0 Å². The van der Waals surface area contributed by atoms with Gasteiger partial charge in [-0.05, 0) is 126 Å². The van der Waals surface area contributed by atoms with Crippen molar-refractivity contribution in [2.45, 2.75) is 26.2 Å². The highest BCUT2D eigenvalue weighted by atomic mass is 15.0. The second-order valence-corrected chi connectivity index (χ2v) is 14.0. The average molecular weight is 652 g/mol. The second-order valence-electron chi connectivity index (χ2n) is 14.0. The fourth-order valence-electron chi connectivity index (χ4n) is 8.53. The lowest BCUT2D eigenvalue weighted by Gasteiger charge is -2.18. The maximum absolute atomic E-state index is 2.51. The van der Waals surface area contributed by atoms with Crippen LogP contribution in [-0.2, 0) is 0 Å². The zero-order valence-electron chi connectivity index (χ0n) is 28.9. The van der Waals surface area contributed by atoms with Gasteiger partial charge in [0.05, 0.1) is 11.0 Å². The highest BCUT2D eigenvalue weighted by Gasteiger charge is 2.19. The van der Waals surface area contributed by atoms with E-state index in [-0.39, 0.29) is 0 Å². The van der Waals surface area contributed by atoms with Crippen LogP contribution in [0, 0.1) is 0 Å². The molecule has 1 heteroatoms. The third kappa shape index (κ3) is 4.62. The monoisotopic (exact) mass is 651 g/mol. The summed E-state index contributed by atoms with van der Waals surface area (Å²) in [6.07, 6.45) is 1.09. The zero-order valence-corrected chi connectivity index (χ0v) is 28.9. The van der Waals surface area contributed by atoms with E-state index in [4.69, 9.17) is 0 Å². The first-order valence-corrected chi connectivity index (χ1v) is 18.2. The molecule has 10 rings (SSSR count). The van der Waals surface area contributed by atoms with Crippen molar-refractivity contribution in [2.24, 2.45) is 0 Å². The van der Waals surface area contributed by atoms with Gasteiger partial charge < -0.3 is 4.57 Å². The van der Waals surface area contributed by atoms with Crippen LogP contribution in [0.25, 0.3) is 92.8 Å². The van der Waals surface area contributed by atoms with Gasteiger partial charge in [-0.3, -0.25) is 0 Å². The van der Waals surface area contributed by atoms with Crippen LogP contribution in [0.1, 0.15) is 31.7 Å². The lowest BCUT2D eigenvalue weighted by atomic mass is 9.92. The van der Waals surface area contributed by atoms with E-state index in [1.54, 1.807) is 0 Å². The molecule has 0 saturated heterocycles. The number of fused-ring (bicyclic) bond motifs is 9. The number of benzene rings is 9. The fourth-order valence-corrected chi connectivity index (χ4v) is 8.53. The van der Waals surface area contributed by atoms with Gasteiger partial charge >= 0.3 is 0 Å². The van der Waals surface area contributed by atoms with Gasteiger partial charge in [0.15, 0.2) is 0 Å². The van der Waals surface area contributed by atoms with Crippen LogP contribution in [-0.4, -0.2) is 4.57 Å². The largest absolute Gasteiger partial charge is 0.309 e. The first-order chi connectivity index (χ1) is 25.2. The van der Waals surface area contributed by atoms with E-state index < -0.39 is 0 Å². The van der Waals surface area contributed by atoms with Crippen LogP contribution in [0.15, 0.2) is 170 Å². The van der Waals surface area contributed by atoms with E-state index in [2.05, 4.69) is 188 Å². The fraction of sp³-hybridized carbons (Fsp3) is 0.0800. The summed E-state index contributed by atoms with van der Waals surface area (Å²) in [6.45, 7) is 4.63. The summed E-state index contributed by atoms with van der Waals surface area (Å²) < 4.78 is 2.51. The van der Waals surface area contributed by atoms with Crippen LogP contribution in [0.2, 0.25) is 0 Å². The first kappa shape index (κ1) is 29.7. The molecule has 0 saturated carbocycles. The third-order valence-electron chi connectivity index (χ3n) is 11.2. The molecule has 0 amide bonds. The minimum atomic E-state index is 0.445. The predicted molar refractivity (Wildman–Crippen MR) is 220 cm³/mol. The van der Waals surface area contributed by atoms with Gasteiger partial charge in [0, 0.05) is 16.5 Å². The molecule has 0 N–H and O–H groups in total. The molecule has 0 spiro atoms. The van der Waals surface area contributed by atoms with Gasteiger partial charge in [-0.25, -0.2) is 0 Å². The van der Waals surface area contributed by atoms with Gasteiger partial charge in [-0.1, -0.05) is 141 Å². The Kier molecular flexibility index (Phi) is 6.82. The number of rotatable bonds is 5. The summed E-state index contributed by atoms with van der Waals surface area (Å²) in [4.78, 5) is 0. The van der Waals surface area contributed by atoms with E-state index in [1.165, 1.54) is 98.4 Å². The Morgan fingerprint density at radius 3 is 1.35 bits per heavy atom. The van der Waals surface area contributed by atoms with Crippen molar-refractivity contribution >= 4 is 64.9 Å². The highest BCUT2D eigenvalue weighted by molar-refractivity contribution is 6.18. The summed E-state index contributed by atoms with van der Waals surface area (Å²) in [7, 11) is 0. The molecule has 0 aliphatic heterocycles. The molecule has 0 aliphatic carbocycles. The van der Waals surface area contributed by atoms with Gasteiger partial charge in [-0.15, -0.1) is 0 Å². The van der Waals surface area contributed by atoms with E-state index in [9.17, 15) is 0 Å². The number of aromatic nitrogens is 1. The first-order valence-electron chi connectivity index (χ1n) is 18.2. The number of para-hydroxylation sites is 1. The summed E-state index contributed by atoms with van der Waals surface area (Å²) in [5.74, 6) is 0.445. The molecule has 0 fully saturated rings. The molecule has 9 aromatic carbocycles. The maximum Gasteiger partial charge on any atom is 0.0541 e. The standard InChI is InChI=1S/C50H37N/c1-3-32(2)37-16-12-13-23-48(37)51-49-26-24-35(44-28-33-14-4-6-17-38(33)40-19-8-10-21-42(40)44)30-46(49)47-31-36(25-27-50(47)51)45-29-34-15-5-7-18-39(34)41-20-9-11-22-43(41)45/h4-32H,3H2,1-2H3. The third-order valence-corrected chi connectivity index (χ3v) is 11.2. The van der Waals surface area contributed by atoms with Crippen LogP contribution in [0.4, 0.5) is 0 Å². The van der Waals surface area contributed by atoms with Crippen LogP contribution in [0.3, 0.4) is 0 Å². The highest BCUT2D eigenvalue weighted by Crippen LogP contribution is 2.43. The predicted octanol–water partition coefficient (Wildman–Crippen LogP) is 14.2. The molecule has 1 nitrogen and oxygen atoms in total. The molecule has 1 atom stereocenters. The maximum atomic E-state index is 2.51. The molecule has 0 radical (unpaired) electrons. The summed E-state index contributed by atoms with van der Waals surface area (Å²) in [5.41, 5.74) is 10.1. The molecule has 1 heterocycles. The van der Waals surface area contributed by atoms with E-state index in [1.807, 2.05) is 0 Å². The molecule has 51 heavy (non-hydrogen) atoms. The number of hydrogen-bond acceptors (Lipinski definition) is 0. The van der Waals surface area contributed by atoms with Crippen molar-refractivity contribution in [3.8, 4) is 27.9 Å². The minimum Gasteiger partial charge on any atom is -0.309 e. The van der Waals surface area contributed by atoms with Crippen molar-refractivity contribution < 1.29 is 0 Å². The SMILES string of the molecule is CCC(C)c1ccccc1-n1c2ccc(-c3cc4ccccc4c4ccccc34)cc2c2cc(-c3cc4ccccc4c4ccccc34)ccc21.